The number of aryl methyl sites for hydroxylation is 1. The topological polar surface area (TPSA) is 74.6 Å². The predicted molar refractivity (Wildman–Crippen MR) is 116 cm³/mol. The summed E-state index contributed by atoms with van der Waals surface area (Å²) in [6.07, 6.45) is 1.65. The monoisotopic (exact) mass is 413 g/mol. The largest absolute Gasteiger partial charge is 0.464 e. The van der Waals surface area contributed by atoms with E-state index in [1.165, 1.54) is 0 Å². The molecule has 0 radical (unpaired) electrons. The Labute approximate surface area is 171 Å². The Morgan fingerprint density at radius 2 is 2.00 bits per heavy atom. The van der Waals surface area contributed by atoms with Crippen molar-refractivity contribution in [2.45, 2.75) is 44.3 Å². The Morgan fingerprint density at radius 3 is 2.79 bits per heavy atom. The van der Waals surface area contributed by atoms with Gasteiger partial charge in [0.05, 0.1) is 16.8 Å². The molecular formula is C22H27N3O3S. The highest BCUT2D eigenvalue weighted by molar-refractivity contribution is 7.92. The van der Waals surface area contributed by atoms with Crippen LogP contribution < -0.4 is 10.0 Å². The van der Waals surface area contributed by atoms with Crippen LogP contribution in [0.2, 0.25) is 0 Å². The van der Waals surface area contributed by atoms with Crippen molar-refractivity contribution in [2.24, 2.45) is 0 Å². The molecule has 2 heterocycles. The molecule has 0 unspecified atom stereocenters. The van der Waals surface area contributed by atoms with Gasteiger partial charge < -0.3 is 9.73 Å². The molecule has 3 aromatic rings. The first-order valence-electron chi connectivity index (χ1n) is 9.89. The molecule has 0 amide bonds. The van der Waals surface area contributed by atoms with Crippen molar-refractivity contribution >= 4 is 26.7 Å². The Kier molecular flexibility index (Phi) is 5.38. The Morgan fingerprint density at radius 1 is 1.21 bits per heavy atom. The molecule has 29 heavy (non-hydrogen) atoms. The summed E-state index contributed by atoms with van der Waals surface area (Å²) in [5.41, 5.74) is 3.05. The lowest BCUT2D eigenvalue weighted by atomic mass is 10.1. The summed E-state index contributed by atoms with van der Waals surface area (Å²) in [4.78, 5) is 2.69. The van der Waals surface area contributed by atoms with Gasteiger partial charge in [0, 0.05) is 42.7 Å². The van der Waals surface area contributed by atoms with Crippen LogP contribution in [0.25, 0.3) is 11.0 Å². The van der Waals surface area contributed by atoms with Gasteiger partial charge in [0.1, 0.15) is 5.58 Å². The van der Waals surface area contributed by atoms with Crippen molar-refractivity contribution in [3.8, 4) is 0 Å². The van der Waals surface area contributed by atoms with Gasteiger partial charge in [-0.2, -0.15) is 0 Å². The van der Waals surface area contributed by atoms with Crippen molar-refractivity contribution in [1.29, 1.82) is 0 Å². The smallest absolute Gasteiger partial charge is 0.262 e. The third kappa shape index (κ3) is 4.17. The fourth-order valence-corrected chi connectivity index (χ4v) is 5.22. The number of sulfonamides is 1. The fraction of sp³-hybridized carbons (Fsp3) is 0.364. The predicted octanol–water partition coefficient (Wildman–Crippen LogP) is 3.72. The van der Waals surface area contributed by atoms with Crippen molar-refractivity contribution in [2.75, 3.05) is 17.8 Å². The minimum absolute atomic E-state index is 0.290. The zero-order valence-electron chi connectivity index (χ0n) is 17.0. The summed E-state index contributed by atoms with van der Waals surface area (Å²) >= 11 is 0. The zero-order valence-corrected chi connectivity index (χ0v) is 17.8. The molecule has 0 bridgehead atoms. The third-order valence-electron chi connectivity index (χ3n) is 5.53. The van der Waals surface area contributed by atoms with Crippen LogP contribution in [0.15, 0.2) is 58.0 Å². The molecule has 2 N–H and O–H groups in total. The molecule has 4 rings (SSSR count). The van der Waals surface area contributed by atoms with Gasteiger partial charge >= 0.3 is 0 Å². The molecule has 0 saturated carbocycles. The first kappa shape index (κ1) is 19.9. The van der Waals surface area contributed by atoms with Gasteiger partial charge in [-0.1, -0.05) is 18.2 Å². The maximum atomic E-state index is 12.9. The molecule has 1 aromatic heterocycles. The Balaban J connectivity index is 1.67. The Bertz CT molecular complexity index is 1120. The van der Waals surface area contributed by atoms with Gasteiger partial charge in [0.15, 0.2) is 0 Å². The van der Waals surface area contributed by atoms with Crippen molar-refractivity contribution in [1.82, 2.24) is 10.2 Å². The number of furan rings is 1. The second-order valence-electron chi connectivity index (χ2n) is 7.93. The van der Waals surface area contributed by atoms with Crippen LogP contribution in [-0.2, 0) is 16.6 Å². The number of benzene rings is 2. The highest BCUT2D eigenvalue weighted by atomic mass is 32.2. The highest BCUT2D eigenvalue weighted by Crippen LogP contribution is 2.29. The lowest BCUT2D eigenvalue weighted by Crippen LogP contribution is -2.53. The van der Waals surface area contributed by atoms with E-state index in [9.17, 15) is 8.42 Å². The number of piperazine rings is 1. The normalized spacial score (nSPS) is 20.8. The maximum absolute atomic E-state index is 12.9. The van der Waals surface area contributed by atoms with Crippen LogP contribution in [0, 0.1) is 6.92 Å². The quantitative estimate of drug-likeness (QED) is 0.667. The zero-order chi connectivity index (χ0) is 20.6. The second-order valence-corrected chi connectivity index (χ2v) is 9.58. The summed E-state index contributed by atoms with van der Waals surface area (Å²) in [5, 5.41) is 4.38. The number of hydrogen-bond acceptors (Lipinski definition) is 5. The van der Waals surface area contributed by atoms with Gasteiger partial charge in [-0.15, -0.1) is 0 Å². The summed E-state index contributed by atoms with van der Waals surface area (Å²) in [5.74, 6) is 0. The Hall–Kier alpha value is -2.35. The molecule has 1 aliphatic rings. The number of nitrogens with one attached hydrogen (secondary N) is 2. The summed E-state index contributed by atoms with van der Waals surface area (Å²) < 4.78 is 34.4. The van der Waals surface area contributed by atoms with Crippen molar-refractivity contribution in [3.63, 3.8) is 0 Å². The molecule has 1 saturated heterocycles. The van der Waals surface area contributed by atoms with Crippen molar-refractivity contribution < 1.29 is 12.8 Å². The van der Waals surface area contributed by atoms with Crippen molar-refractivity contribution in [3.05, 3.63) is 59.9 Å². The molecule has 0 aliphatic carbocycles. The minimum atomic E-state index is -3.67. The van der Waals surface area contributed by atoms with Crippen LogP contribution >= 0.6 is 0 Å². The van der Waals surface area contributed by atoms with E-state index in [0.29, 0.717) is 34.8 Å². The third-order valence-corrected chi connectivity index (χ3v) is 7.07. The van der Waals surface area contributed by atoms with E-state index in [-0.39, 0.29) is 0 Å². The number of nitrogens with zero attached hydrogens (tertiary/aromatic N) is 1. The van der Waals surface area contributed by atoms with Crippen LogP contribution in [0.3, 0.4) is 0 Å². The van der Waals surface area contributed by atoms with E-state index in [2.05, 4.69) is 28.8 Å². The van der Waals surface area contributed by atoms with Gasteiger partial charge in [0.2, 0.25) is 0 Å². The van der Waals surface area contributed by atoms with E-state index in [1.807, 2.05) is 24.3 Å². The van der Waals surface area contributed by atoms with E-state index in [1.54, 1.807) is 31.4 Å². The van der Waals surface area contributed by atoms with Crippen LogP contribution in [0.5, 0.6) is 0 Å². The molecule has 2 atom stereocenters. The van der Waals surface area contributed by atoms with E-state index in [4.69, 9.17) is 4.42 Å². The molecule has 1 aliphatic heterocycles. The minimum Gasteiger partial charge on any atom is -0.464 e. The number of anilines is 1. The lowest BCUT2D eigenvalue weighted by Gasteiger charge is -2.37. The van der Waals surface area contributed by atoms with Gasteiger partial charge in [-0.3, -0.25) is 9.62 Å². The van der Waals surface area contributed by atoms with Crippen LogP contribution in [-0.4, -0.2) is 38.5 Å². The molecule has 7 heteroatoms. The van der Waals surface area contributed by atoms with E-state index >= 15 is 0 Å². The molecule has 1 fully saturated rings. The number of fused-ring (bicyclic) bond motifs is 1. The van der Waals surface area contributed by atoms with Gasteiger partial charge in [0.25, 0.3) is 10.0 Å². The van der Waals surface area contributed by atoms with Gasteiger partial charge in [-0.25, -0.2) is 8.42 Å². The van der Waals surface area contributed by atoms with Crippen LogP contribution in [0.4, 0.5) is 5.69 Å². The first-order valence-corrected chi connectivity index (χ1v) is 11.4. The molecule has 2 aromatic carbocycles. The molecule has 154 valence electrons. The average molecular weight is 414 g/mol. The summed E-state index contributed by atoms with van der Waals surface area (Å²) in [6.45, 7) is 8.74. The van der Waals surface area contributed by atoms with E-state index in [0.717, 1.165) is 29.6 Å². The lowest BCUT2D eigenvalue weighted by molar-refractivity contribution is 0.139. The molecule has 0 spiro atoms. The number of rotatable bonds is 5. The molecular weight excluding hydrogens is 386 g/mol. The standard InChI is InChI=1S/C22H27N3O3S/c1-15-6-4-5-7-21(15)29(26,27)24-20-10-18-8-9-28-22(18)19(11-20)14-25-13-16(2)23-12-17(25)3/h4-11,16-17,23-24H,12-14H2,1-3H3/t16-,17+/m1/s1. The second kappa shape index (κ2) is 7.82. The van der Waals surface area contributed by atoms with E-state index < -0.39 is 10.0 Å². The maximum Gasteiger partial charge on any atom is 0.262 e. The summed E-state index contributed by atoms with van der Waals surface area (Å²) in [7, 11) is -3.67. The van der Waals surface area contributed by atoms with Gasteiger partial charge in [-0.05, 0) is 50.6 Å². The SMILES string of the molecule is Cc1ccccc1S(=O)(=O)Nc1cc(CN2C[C@@H](C)NC[C@@H]2C)c2occc2c1. The average Bonchev–Trinajstić information content (AvgIpc) is 3.13. The van der Waals surface area contributed by atoms with Crippen LogP contribution in [0.1, 0.15) is 25.0 Å². The summed E-state index contributed by atoms with van der Waals surface area (Å²) in [6, 6.07) is 13.4. The first-order chi connectivity index (χ1) is 13.8. The highest BCUT2D eigenvalue weighted by Gasteiger charge is 2.24. The molecule has 6 nitrogen and oxygen atoms in total. The fourth-order valence-electron chi connectivity index (χ4n) is 3.94. The number of hydrogen-bond donors (Lipinski definition) is 2.